The maximum absolute atomic E-state index is 12.7. The Morgan fingerprint density at radius 2 is 2.29 bits per heavy atom. The highest BCUT2D eigenvalue weighted by Gasteiger charge is 2.38. The number of β-amino-alcohol motifs (C(OH)–C–C–N with tert-alkyl or cyclic N) is 1. The zero-order valence-electron chi connectivity index (χ0n) is 13.0. The van der Waals surface area contributed by atoms with Gasteiger partial charge in [0, 0.05) is 28.4 Å². The van der Waals surface area contributed by atoms with Crippen molar-refractivity contribution in [2.45, 2.75) is 25.5 Å². The van der Waals surface area contributed by atoms with Crippen molar-refractivity contribution in [3.63, 3.8) is 0 Å². The van der Waals surface area contributed by atoms with Gasteiger partial charge >= 0.3 is 6.03 Å². The molecule has 2 N–H and O–H groups in total. The summed E-state index contributed by atoms with van der Waals surface area (Å²) < 4.78 is 6.30. The van der Waals surface area contributed by atoms with Crippen LogP contribution in [0.25, 0.3) is 10.1 Å². The van der Waals surface area contributed by atoms with E-state index in [1.807, 2.05) is 29.6 Å². The van der Waals surface area contributed by atoms with E-state index in [4.69, 9.17) is 4.52 Å². The molecule has 0 spiro atoms. The van der Waals surface area contributed by atoms with Gasteiger partial charge in [0.05, 0.1) is 11.8 Å². The largest absolute Gasteiger partial charge is 0.391 e. The van der Waals surface area contributed by atoms with Crippen molar-refractivity contribution >= 4 is 33.1 Å². The number of urea groups is 1. The zero-order chi connectivity index (χ0) is 16.7. The van der Waals surface area contributed by atoms with Crippen LogP contribution in [0.1, 0.15) is 24.2 Å². The van der Waals surface area contributed by atoms with E-state index in [1.54, 1.807) is 23.2 Å². The minimum atomic E-state index is -0.604. The first-order valence-corrected chi connectivity index (χ1v) is 8.52. The molecule has 2 atom stereocenters. The molecule has 1 aliphatic heterocycles. The molecular formula is C16H16N4O3S. The van der Waals surface area contributed by atoms with Crippen molar-refractivity contribution < 1.29 is 14.4 Å². The molecule has 0 bridgehead atoms. The van der Waals surface area contributed by atoms with Crippen LogP contribution in [0.2, 0.25) is 0 Å². The molecule has 0 saturated carbocycles. The van der Waals surface area contributed by atoms with Crippen molar-refractivity contribution in [3.05, 3.63) is 41.4 Å². The molecule has 1 aromatic carbocycles. The number of aromatic nitrogens is 2. The highest BCUT2D eigenvalue weighted by molar-refractivity contribution is 7.17. The van der Waals surface area contributed by atoms with E-state index in [2.05, 4.69) is 15.5 Å². The number of fused-ring (bicyclic) bond motifs is 1. The fraction of sp³-hybridized carbons (Fsp3) is 0.312. The molecule has 0 radical (unpaired) electrons. The molecule has 1 aliphatic rings. The summed E-state index contributed by atoms with van der Waals surface area (Å²) in [6.07, 6.45) is -0.216. The van der Waals surface area contributed by atoms with Crippen molar-refractivity contribution in [1.82, 2.24) is 15.0 Å². The highest BCUT2D eigenvalue weighted by atomic mass is 32.1. The summed E-state index contributed by atoms with van der Waals surface area (Å²) in [6.45, 7) is 1.96. The monoisotopic (exact) mass is 344 g/mol. The molecule has 0 aliphatic carbocycles. The number of carbonyl (C=O) groups excluding carboxylic acids is 1. The van der Waals surface area contributed by atoms with E-state index in [-0.39, 0.29) is 12.6 Å². The van der Waals surface area contributed by atoms with Crippen molar-refractivity contribution in [2.24, 2.45) is 0 Å². The van der Waals surface area contributed by atoms with Gasteiger partial charge in [-0.2, -0.15) is 4.98 Å². The number of amides is 2. The number of nitrogens with zero attached hydrogens (tertiary/aromatic N) is 3. The number of aliphatic hydroxyl groups is 1. The third-order valence-electron chi connectivity index (χ3n) is 4.09. The number of thiophene rings is 1. The average molecular weight is 344 g/mol. The van der Waals surface area contributed by atoms with Gasteiger partial charge in [-0.1, -0.05) is 23.4 Å². The van der Waals surface area contributed by atoms with Gasteiger partial charge in [0.15, 0.2) is 5.82 Å². The number of hydrogen-bond donors (Lipinski definition) is 2. The van der Waals surface area contributed by atoms with Gasteiger partial charge in [-0.25, -0.2) is 4.79 Å². The first-order chi connectivity index (χ1) is 11.6. The van der Waals surface area contributed by atoms with Crippen LogP contribution in [0, 0.1) is 6.92 Å². The van der Waals surface area contributed by atoms with Crippen LogP contribution < -0.4 is 5.32 Å². The third kappa shape index (κ3) is 2.63. The molecule has 3 aromatic rings. The summed E-state index contributed by atoms with van der Waals surface area (Å²) in [7, 11) is 0. The molecular weight excluding hydrogens is 328 g/mol. The van der Waals surface area contributed by atoms with Gasteiger partial charge in [-0.15, -0.1) is 11.3 Å². The number of aryl methyl sites for hydroxylation is 1. The van der Waals surface area contributed by atoms with E-state index in [9.17, 15) is 9.90 Å². The molecule has 0 unspecified atom stereocenters. The minimum absolute atomic E-state index is 0.236. The molecule has 124 valence electrons. The molecule has 2 aromatic heterocycles. The highest BCUT2D eigenvalue weighted by Crippen LogP contribution is 2.34. The first-order valence-electron chi connectivity index (χ1n) is 7.64. The summed E-state index contributed by atoms with van der Waals surface area (Å²) in [5, 5.41) is 19.6. The number of likely N-dealkylation sites (tertiary alicyclic amines) is 1. The second kappa shape index (κ2) is 5.88. The maximum Gasteiger partial charge on any atom is 0.322 e. The summed E-state index contributed by atoms with van der Waals surface area (Å²) in [5.74, 6) is 0.866. The molecule has 24 heavy (non-hydrogen) atoms. The van der Waals surface area contributed by atoms with Crippen molar-refractivity contribution in [1.29, 1.82) is 0 Å². The average Bonchev–Trinajstić information content (AvgIpc) is 3.26. The number of rotatable bonds is 2. The number of anilines is 1. The van der Waals surface area contributed by atoms with Crippen molar-refractivity contribution in [2.75, 3.05) is 11.9 Å². The Morgan fingerprint density at radius 3 is 3.08 bits per heavy atom. The van der Waals surface area contributed by atoms with Gasteiger partial charge in [0.2, 0.25) is 5.89 Å². The van der Waals surface area contributed by atoms with Gasteiger partial charge in [-0.3, -0.25) is 0 Å². The van der Waals surface area contributed by atoms with Gasteiger partial charge in [0.1, 0.15) is 6.04 Å². The lowest BCUT2D eigenvalue weighted by atomic mass is 10.2. The summed E-state index contributed by atoms with van der Waals surface area (Å²) in [5.41, 5.74) is 0.766. The van der Waals surface area contributed by atoms with Crippen molar-refractivity contribution in [3.8, 4) is 0 Å². The van der Waals surface area contributed by atoms with Gasteiger partial charge in [-0.05, 0) is 13.0 Å². The SMILES string of the molecule is Cc1noc([C@H]2C[C@@H](O)CN2C(=O)Nc2csc3ccccc23)n1. The number of hydrogen-bond acceptors (Lipinski definition) is 6. The zero-order valence-corrected chi connectivity index (χ0v) is 13.8. The lowest BCUT2D eigenvalue weighted by Crippen LogP contribution is -2.35. The van der Waals surface area contributed by atoms with Crippen LogP contribution in [0.15, 0.2) is 34.2 Å². The van der Waals surface area contributed by atoms with E-state index in [0.29, 0.717) is 18.1 Å². The van der Waals surface area contributed by atoms with Crippen LogP contribution in [-0.4, -0.2) is 38.8 Å². The predicted molar refractivity (Wildman–Crippen MR) is 89.9 cm³/mol. The Kier molecular flexibility index (Phi) is 3.70. The molecule has 7 nitrogen and oxygen atoms in total. The van der Waals surface area contributed by atoms with Gasteiger partial charge in [0.25, 0.3) is 0 Å². The van der Waals surface area contributed by atoms with E-state index in [1.165, 1.54) is 0 Å². The third-order valence-corrected chi connectivity index (χ3v) is 5.05. The number of carbonyl (C=O) groups is 1. The first kappa shape index (κ1) is 15.1. The Balaban J connectivity index is 1.58. The topological polar surface area (TPSA) is 91.5 Å². The second-order valence-corrected chi connectivity index (χ2v) is 6.72. The Hall–Kier alpha value is -2.45. The van der Waals surface area contributed by atoms with Crippen LogP contribution in [0.4, 0.5) is 10.5 Å². The fourth-order valence-electron chi connectivity index (χ4n) is 2.98. The van der Waals surface area contributed by atoms with Crippen LogP contribution >= 0.6 is 11.3 Å². The number of benzene rings is 1. The van der Waals surface area contributed by atoms with Gasteiger partial charge < -0.3 is 19.8 Å². The van der Waals surface area contributed by atoms with E-state index in [0.717, 1.165) is 15.8 Å². The predicted octanol–water partition coefficient (Wildman–Crippen LogP) is 2.93. The molecule has 4 rings (SSSR count). The summed E-state index contributed by atoms with van der Waals surface area (Å²) in [4.78, 5) is 18.5. The molecule has 2 amide bonds. The molecule has 1 fully saturated rings. The van der Waals surface area contributed by atoms with E-state index >= 15 is 0 Å². The summed E-state index contributed by atoms with van der Waals surface area (Å²) >= 11 is 1.58. The van der Waals surface area contributed by atoms with Crippen LogP contribution in [0.3, 0.4) is 0 Å². The second-order valence-electron chi connectivity index (χ2n) is 5.81. The quantitative estimate of drug-likeness (QED) is 0.746. The summed E-state index contributed by atoms with van der Waals surface area (Å²) in [6, 6.07) is 7.20. The number of aliphatic hydroxyl groups excluding tert-OH is 1. The Morgan fingerprint density at radius 1 is 1.46 bits per heavy atom. The van der Waals surface area contributed by atoms with Crippen LogP contribution in [0.5, 0.6) is 0 Å². The fourth-order valence-corrected chi connectivity index (χ4v) is 3.88. The Labute approximate surface area is 141 Å². The van der Waals surface area contributed by atoms with Crippen LogP contribution in [-0.2, 0) is 0 Å². The molecule has 1 saturated heterocycles. The standard InChI is InChI=1S/C16H16N4O3S/c1-9-17-15(23-19-9)13-6-10(21)7-20(13)16(22)18-12-8-24-14-5-3-2-4-11(12)14/h2-5,8,10,13,21H,6-7H2,1H3,(H,18,22)/t10-,13-/m1/s1. The minimum Gasteiger partial charge on any atom is -0.391 e. The molecule has 3 heterocycles. The number of nitrogens with one attached hydrogen (secondary N) is 1. The molecule has 8 heteroatoms. The lowest BCUT2D eigenvalue weighted by Gasteiger charge is -2.21. The van der Waals surface area contributed by atoms with E-state index < -0.39 is 12.1 Å². The Bertz CT molecular complexity index is 890. The maximum atomic E-state index is 12.7. The normalized spacial score (nSPS) is 20.7. The smallest absolute Gasteiger partial charge is 0.322 e. The lowest BCUT2D eigenvalue weighted by molar-refractivity contribution is 0.174.